The molecular weight excluding hydrogens is 106 g/mol. The van der Waals surface area contributed by atoms with E-state index in [4.69, 9.17) is 5.21 Å². The molecule has 0 amide bonds. The van der Waals surface area contributed by atoms with Crippen LogP contribution in [0, 0.1) is 0 Å². The highest BCUT2D eigenvalue weighted by Crippen LogP contribution is 1.84. The fourth-order valence-corrected chi connectivity index (χ4v) is 0.375. The van der Waals surface area contributed by atoms with Gasteiger partial charge in [0.25, 0.3) is 0 Å². The predicted molar refractivity (Wildman–Crippen MR) is 30.2 cm³/mol. The SMILES string of the molecule is CCCC(=O)C=NO. The molecule has 0 fully saturated rings. The van der Waals surface area contributed by atoms with Crippen LogP contribution < -0.4 is 0 Å². The minimum Gasteiger partial charge on any atom is -0.411 e. The highest BCUT2D eigenvalue weighted by Gasteiger charge is 1.91. The largest absolute Gasteiger partial charge is 0.411 e. The first-order valence-electron chi connectivity index (χ1n) is 2.51. The Balaban J connectivity index is 3.33. The molecule has 46 valence electrons. The molecule has 0 bridgehead atoms. The molecule has 0 aromatic carbocycles. The molecule has 0 rings (SSSR count). The zero-order valence-electron chi connectivity index (χ0n) is 4.79. The lowest BCUT2D eigenvalue weighted by Gasteiger charge is -1.83. The fourth-order valence-electron chi connectivity index (χ4n) is 0.375. The van der Waals surface area contributed by atoms with Crippen LogP contribution in [-0.2, 0) is 4.79 Å². The van der Waals surface area contributed by atoms with Gasteiger partial charge in [0.05, 0.1) is 0 Å². The number of carbonyl (C=O) groups is 1. The first-order valence-corrected chi connectivity index (χ1v) is 2.51. The smallest absolute Gasteiger partial charge is 0.177 e. The molecule has 0 unspecified atom stereocenters. The summed E-state index contributed by atoms with van der Waals surface area (Å²) in [4.78, 5) is 10.3. The van der Waals surface area contributed by atoms with E-state index in [-0.39, 0.29) is 5.78 Å². The Kier molecular flexibility index (Phi) is 3.84. The van der Waals surface area contributed by atoms with Gasteiger partial charge >= 0.3 is 0 Å². The third-order valence-electron chi connectivity index (χ3n) is 0.698. The van der Waals surface area contributed by atoms with Gasteiger partial charge < -0.3 is 5.21 Å². The van der Waals surface area contributed by atoms with Crippen molar-refractivity contribution in [2.24, 2.45) is 5.16 Å². The third-order valence-corrected chi connectivity index (χ3v) is 0.698. The van der Waals surface area contributed by atoms with Crippen molar-refractivity contribution in [3.8, 4) is 0 Å². The first kappa shape index (κ1) is 7.14. The molecule has 3 heteroatoms. The van der Waals surface area contributed by atoms with Crippen LogP contribution in [0.15, 0.2) is 5.16 Å². The van der Waals surface area contributed by atoms with Gasteiger partial charge in [0.2, 0.25) is 0 Å². The average molecular weight is 115 g/mol. The summed E-state index contributed by atoms with van der Waals surface area (Å²) in [5.74, 6) is -0.130. The summed E-state index contributed by atoms with van der Waals surface area (Å²) < 4.78 is 0. The van der Waals surface area contributed by atoms with Crippen LogP contribution in [0.5, 0.6) is 0 Å². The summed E-state index contributed by atoms with van der Waals surface area (Å²) in [6, 6.07) is 0. The summed E-state index contributed by atoms with van der Waals surface area (Å²) in [6.45, 7) is 1.89. The third kappa shape index (κ3) is 3.33. The highest BCUT2D eigenvalue weighted by atomic mass is 16.4. The van der Waals surface area contributed by atoms with Crippen molar-refractivity contribution in [3.05, 3.63) is 0 Å². The van der Waals surface area contributed by atoms with Crippen LogP contribution in [0.2, 0.25) is 0 Å². The molecule has 0 spiro atoms. The van der Waals surface area contributed by atoms with E-state index in [1.165, 1.54) is 0 Å². The highest BCUT2D eigenvalue weighted by molar-refractivity contribution is 6.27. The summed E-state index contributed by atoms with van der Waals surface area (Å²) in [5.41, 5.74) is 0. The van der Waals surface area contributed by atoms with Crippen molar-refractivity contribution in [1.29, 1.82) is 0 Å². The Morgan fingerprint density at radius 2 is 2.50 bits per heavy atom. The summed E-state index contributed by atoms with van der Waals surface area (Å²) in [7, 11) is 0. The van der Waals surface area contributed by atoms with Gasteiger partial charge in [-0.05, 0) is 6.42 Å². The topological polar surface area (TPSA) is 49.7 Å². The summed E-state index contributed by atoms with van der Waals surface area (Å²) in [5, 5.41) is 10.4. The van der Waals surface area contributed by atoms with E-state index in [0.717, 1.165) is 12.6 Å². The lowest BCUT2D eigenvalue weighted by molar-refractivity contribution is -0.112. The number of Topliss-reactive ketones (excluding diaryl/α,β-unsaturated/α-hetero) is 1. The number of ketones is 1. The van der Waals surface area contributed by atoms with Crippen LogP contribution in [-0.4, -0.2) is 17.2 Å². The molecule has 1 N–H and O–H groups in total. The lowest BCUT2D eigenvalue weighted by Crippen LogP contribution is -1.96. The second kappa shape index (κ2) is 4.30. The molecule has 0 aliphatic rings. The van der Waals surface area contributed by atoms with Crippen LogP contribution in [0.3, 0.4) is 0 Å². The monoisotopic (exact) mass is 115 g/mol. The standard InChI is InChI=1S/C5H9NO2/c1-2-3-5(7)4-6-8/h4,8H,2-3H2,1H3. The van der Waals surface area contributed by atoms with Gasteiger partial charge in [0.15, 0.2) is 5.78 Å². The number of hydrogen-bond donors (Lipinski definition) is 1. The molecular formula is C5H9NO2. The fraction of sp³-hybridized carbons (Fsp3) is 0.600. The van der Waals surface area contributed by atoms with E-state index in [9.17, 15) is 4.79 Å². The molecule has 0 aromatic heterocycles. The minimum absolute atomic E-state index is 0.130. The van der Waals surface area contributed by atoms with Crippen LogP contribution in [0.4, 0.5) is 0 Å². The Morgan fingerprint density at radius 3 is 2.88 bits per heavy atom. The molecule has 0 saturated carbocycles. The van der Waals surface area contributed by atoms with Crippen LogP contribution >= 0.6 is 0 Å². The predicted octanol–water partition coefficient (Wildman–Crippen LogP) is 0.816. The lowest BCUT2D eigenvalue weighted by atomic mass is 10.2. The van der Waals surface area contributed by atoms with Crippen molar-refractivity contribution in [2.75, 3.05) is 0 Å². The zero-order valence-corrected chi connectivity index (χ0v) is 4.79. The van der Waals surface area contributed by atoms with E-state index in [0.29, 0.717) is 6.42 Å². The van der Waals surface area contributed by atoms with Gasteiger partial charge in [-0.15, -0.1) is 0 Å². The zero-order chi connectivity index (χ0) is 6.41. The molecule has 0 aromatic rings. The van der Waals surface area contributed by atoms with E-state index < -0.39 is 0 Å². The number of oxime groups is 1. The van der Waals surface area contributed by atoms with Crippen LogP contribution in [0.1, 0.15) is 19.8 Å². The number of nitrogens with zero attached hydrogens (tertiary/aromatic N) is 1. The van der Waals surface area contributed by atoms with E-state index in [2.05, 4.69) is 5.16 Å². The van der Waals surface area contributed by atoms with Gasteiger partial charge in [0, 0.05) is 6.42 Å². The Morgan fingerprint density at radius 1 is 1.88 bits per heavy atom. The molecule has 3 nitrogen and oxygen atoms in total. The molecule has 0 saturated heterocycles. The Hall–Kier alpha value is -0.860. The van der Waals surface area contributed by atoms with Crippen molar-refractivity contribution in [3.63, 3.8) is 0 Å². The Labute approximate surface area is 48.0 Å². The van der Waals surface area contributed by atoms with Gasteiger partial charge in [-0.25, -0.2) is 0 Å². The van der Waals surface area contributed by atoms with Crippen molar-refractivity contribution in [1.82, 2.24) is 0 Å². The molecule has 0 atom stereocenters. The van der Waals surface area contributed by atoms with Gasteiger partial charge in [-0.3, -0.25) is 4.79 Å². The normalized spacial score (nSPS) is 10.1. The average Bonchev–Trinajstić information content (AvgIpc) is 1.68. The van der Waals surface area contributed by atoms with E-state index in [1.54, 1.807) is 0 Å². The van der Waals surface area contributed by atoms with Crippen molar-refractivity contribution >= 4 is 12.0 Å². The van der Waals surface area contributed by atoms with Gasteiger partial charge in [-0.2, -0.15) is 0 Å². The quantitative estimate of drug-likeness (QED) is 0.336. The molecule has 0 aliphatic heterocycles. The number of hydrogen-bond acceptors (Lipinski definition) is 3. The Bertz CT molecular complexity index is 98.6. The number of carbonyl (C=O) groups excluding carboxylic acids is 1. The second-order valence-electron chi connectivity index (χ2n) is 1.46. The maximum absolute atomic E-state index is 10.3. The van der Waals surface area contributed by atoms with Gasteiger partial charge in [-0.1, -0.05) is 12.1 Å². The molecule has 0 aliphatic carbocycles. The molecule has 8 heavy (non-hydrogen) atoms. The number of rotatable bonds is 3. The van der Waals surface area contributed by atoms with Crippen molar-refractivity contribution in [2.45, 2.75) is 19.8 Å². The van der Waals surface area contributed by atoms with E-state index in [1.807, 2.05) is 6.92 Å². The molecule has 0 radical (unpaired) electrons. The minimum atomic E-state index is -0.130. The van der Waals surface area contributed by atoms with Crippen molar-refractivity contribution < 1.29 is 10.0 Å². The summed E-state index contributed by atoms with van der Waals surface area (Å²) >= 11 is 0. The van der Waals surface area contributed by atoms with Gasteiger partial charge in [0.1, 0.15) is 6.21 Å². The van der Waals surface area contributed by atoms with Crippen LogP contribution in [0.25, 0.3) is 0 Å². The maximum atomic E-state index is 10.3. The summed E-state index contributed by atoms with van der Waals surface area (Å²) in [6.07, 6.45) is 2.18. The maximum Gasteiger partial charge on any atom is 0.177 e. The van der Waals surface area contributed by atoms with E-state index >= 15 is 0 Å². The first-order chi connectivity index (χ1) is 3.81. The molecule has 0 heterocycles. The second-order valence-corrected chi connectivity index (χ2v) is 1.46.